The van der Waals surface area contributed by atoms with Gasteiger partial charge in [0.05, 0.1) is 6.10 Å². The number of carbonyl (C=O) groups excluding carboxylic acids is 3. The number of amides is 2. The molecule has 1 fully saturated rings. The summed E-state index contributed by atoms with van der Waals surface area (Å²) in [7, 11) is 0. The minimum atomic E-state index is -1.18. The summed E-state index contributed by atoms with van der Waals surface area (Å²) >= 11 is 0. The van der Waals surface area contributed by atoms with Gasteiger partial charge < -0.3 is 20.5 Å². The van der Waals surface area contributed by atoms with E-state index in [-0.39, 0.29) is 24.6 Å². The topological polar surface area (TPSA) is 105 Å². The smallest absolute Gasteiger partial charge is 0.251 e. The fourth-order valence-electron chi connectivity index (χ4n) is 3.40. The third kappa shape index (κ3) is 5.00. The number of Topliss-reactive ketones (excluding diaryl/α,β-unsaturated/α-hetero) is 1. The van der Waals surface area contributed by atoms with Gasteiger partial charge in [0.2, 0.25) is 5.91 Å². The third-order valence-corrected chi connectivity index (χ3v) is 5.62. The normalized spacial score (nSPS) is 21.4. The average molecular weight is 422 g/mol. The molecule has 3 N–H and O–H groups in total. The van der Waals surface area contributed by atoms with E-state index in [0.717, 1.165) is 5.56 Å². The molecule has 162 valence electrons. The fraction of sp³-hybridized carbons (Fsp3) is 0.292. The van der Waals surface area contributed by atoms with Crippen molar-refractivity contribution < 1.29 is 24.2 Å². The first-order chi connectivity index (χ1) is 14.7. The van der Waals surface area contributed by atoms with Crippen molar-refractivity contribution in [3.8, 4) is 5.75 Å². The van der Waals surface area contributed by atoms with E-state index in [0.29, 0.717) is 11.1 Å². The zero-order valence-corrected chi connectivity index (χ0v) is 17.6. The summed E-state index contributed by atoms with van der Waals surface area (Å²) in [6, 6.07) is 12.3. The Morgan fingerprint density at radius 1 is 1.29 bits per heavy atom. The molecule has 0 radical (unpaired) electrons. The molecule has 0 aliphatic carbocycles. The highest BCUT2D eigenvalue weighted by atomic mass is 16.5. The monoisotopic (exact) mass is 422 g/mol. The Morgan fingerprint density at radius 3 is 2.58 bits per heavy atom. The maximum atomic E-state index is 13.1. The van der Waals surface area contributed by atoms with Crippen LogP contribution >= 0.6 is 0 Å². The largest absolute Gasteiger partial charge is 0.508 e. The number of benzene rings is 2. The van der Waals surface area contributed by atoms with Crippen molar-refractivity contribution in [2.24, 2.45) is 0 Å². The second kappa shape index (κ2) is 9.14. The standard InChI is InChI=1S/C24H26N2O5/c1-4-16-8-10-18(11-9-16)22(29)25-20(13-17-6-5-7-19(27)12-17)23(30)26-24(3)15(2)31-14-21(24)28/h4-12,15,20,27H,1,13-14H2,2-3H3,(H,25,29)(H,26,30). The van der Waals surface area contributed by atoms with Gasteiger partial charge in [-0.25, -0.2) is 0 Å². The zero-order valence-electron chi connectivity index (χ0n) is 17.6. The summed E-state index contributed by atoms with van der Waals surface area (Å²) < 4.78 is 5.37. The first-order valence-electron chi connectivity index (χ1n) is 10.0. The number of aromatic hydroxyl groups is 1. The molecule has 3 rings (SSSR count). The summed E-state index contributed by atoms with van der Waals surface area (Å²) in [5.74, 6) is -1.10. The van der Waals surface area contributed by atoms with Crippen molar-refractivity contribution in [2.75, 3.05) is 6.61 Å². The van der Waals surface area contributed by atoms with Crippen LogP contribution in [0.4, 0.5) is 0 Å². The van der Waals surface area contributed by atoms with Crippen molar-refractivity contribution >= 4 is 23.7 Å². The lowest BCUT2D eigenvalue weighted by Crippen LogP contribution is -2.60. The molecule has 1 aliphatic heterocycles. The molecule has 0 aromatic heterocycles. The van der Waals surface area contributed by atoms with Gasteiger partial charge in [0.25, 0.3) is 5.91 Å². The maximum absolute atomic E-state index is 13.1. The molecule has 2 aromatic rings. The number of hydrogen-bond donors (Lipinski definition) is 3. The van der Waals surface area contributed by atoms with E-state index in [1.54, 1.807) is 56.3 Å². The van der Waals surface area contributed by atoms with Crippen LogP contribution < -0.4 is 10.6 Å². The van der Waals surface area contributed by atoms with E-state index in [4.69, 9.17) is 4.74 Å². The van der Waals surface area contributed by atoms with Gasteiger partial charge in [-0.3, -0.25) is 14.4 Å². The average Bonchev–Trinajstić information content (AvgIpc) is 3.00. The first-order valence-corrected chi connectivity index (χ1v) is 10.0. The van der Waals surface area contributed by atoms with Gasteiger partial charge in [-0.2, -0.15) is 0 Å². The van der Waals surface area contributed by atoms with Gasteiger partial charge in [0.15, 0.2) is 5.78 Å². The number of ether oxygens (including phenoxy) is 1. The predicted octanol–water partition coefficient (Wildman–Crippen LogP) is 2.24. The molecule has 7 heteroatoms. The van der Waals surface area contributed by atoms with Crippen molar-refractivity contribution in [3.63, 3.8) is 0 Å². The lowest BCUT2D eigenvalue weighted by atomic mass is 9.92. The van der Waals surface area contributed by atoms with Gasteiger partial charge in [-0.05, 0) is 49.2 Å². The molecule has 1 aliphatic rings. The van der Waals surface area contributed by atoms with Crippen molar-refractivity contribution in [2.45, 2.75) is 38.0 Å². The Kier molecular flexibility index (Phi) is 6.56. The summed E-state index contributed by atoms with van der Waals surface area (Å²) in [6.07, 6.45) is 1.31. The zero-order chi connectivity index (χ0) is 22.6. The minimum Gasteiger partial charge on any atom is -0.508 e. The number of nitrogens with one attached hydrogen (secondary N) is 2. The van der Waals surface area contributed by atoms with Gasteiger partial charge in [-0.1, -0.05) is 36.9 Å². The van der Waals surface area contributed by atoms with Crippen molar-refractivity contribution in [3.05, 3.63) is 71.8 Å². The highest BCUT2D eigenvalue weighted by molar-refractivity contribution is 6.00. The Bertz CT molecular complexity index is 1000. The third-order valence-electron chi connectivity index (χ3n) is 5.62. The molecule has 0 bridgehead atoms. The van der Waals surface area contributed by atoms with Crippen LogP contribution in [0.25, 0.3) is 6.08 Å². The molecule has 3 atom stereocenters. The van der Waals surface area contributed by atoms with Crippen LogP contribution in [0.5, 0.6) is 5.75 Å². The predicted molar refractivity (Wildman–Crippen MR) is 117 cm³/mol. The fourth-order valence-corrected chi connectivity index (χ4v) is 3.40. The number of carbonyl (C=O) groups is 3. The molecule has 0 saturated carbocycles. The van der Waals surface area contributed by atoms with Gasteiger partial charge >= 0.3 is 0 Å². The summed E-state index contributed by atoms with van der Waals surface area (Å²) in [4.78, 5) is 38.3. The van der Waals surface area contributed by atoms with E-state index in [1.807, 2.05) is 0 Å². The van der Waals surface area contributed by atoms with Crippen LogP contribution in [0.3, 0.4) is 0 Å². The maximum Gasteiger partial charge on any atom is 0.251 e. The minimum absolute atomic E-state index is 0.0583. The van der Waals surface area contributed by atoms with E-state index in [1.165, 1.54) is 12.1 Å². The van der Waals surface area contributed by atoms with Gasteiger partial charge in [-0.15, -0.1) is 0 Å². The van der Waals surface area contributed by atoms with E-state index < -0.39 is 29.5 Å². The quantitative estimate of drug-likeness (QED) is 0.635. The van der Waals surface area contributed by atoms with Gasteiger partial charge in [0, 0.05) is 12.0 Å². The van der Waals surface area contributed by atoms with Crippen LogP contribution in [0.15, 0.2) is 55.1 Å². The number of ketones is 1. The number of rotatable bonds is 7. The van der Waals surface area contributed by atoms with Crippen LogP contribution in [0.1, 0.15) is 35.3 Å². The van der Waals surface area contributed by atoms with Crippen LogP contribution in [0, 0.1) is 0 Å². The second-order valence-electron chi connectivity index (χ2n) is 7.79. The van der Waals surface area contributed by atoms with Crippen LogP contribution in [-0.4, -0.2) is 47.0 Å². The van der Waals surface area contributed by atoms with Crippen LogP contribution in [-0.2, 0) is 20.7 Å². The van der Waals surface area contributed by atoms with E-state index >= 15 is 0 Å². The molecule has 2 aromatic carbocycles. The molecule has 1 saturated heterocycles. The summed E-state index contributed by atoms with van der Waals surface area (Å²) in [5, 5.41) is 15.3. The molecular formula is C24H26N2O5. The number of phenols is 1. The Hall–Kier alpha value is -3.45. The first kappa shape index (κ1) is 22.2. The highest BCUT2D eigenvalue weighted by Crippen LogP contribution is 2.22. The van der Waals surface area contributed by atoms with Crippen molar-refractivity contribution in [1.82, 2.24) is 10.6 Å². The molecule has 1 heterocycles. The lowest BCUT2D eigenvalue weighted by Gasteiger charge is -2.30. The molecule has 31 heavy (non-hydrogen) atoms. The number of hydrogen-bond acceptors (Lipinski definition) is 5. The SMILES string of the molecule is C=Cc1ccc(C(=O)NC(Cc2cccc(O)c2)C(=O)NC2(C)C(=O)COC2C)cc1. The Morgan fingerprint density at radius 2 is 2.00 bits per heavy atom. The van der Waals surface area contributed by atoms with E-state index in [9.17, 15) is 19.5 Å². The van der Waals surface area contributed by atoms with Crippen molar-refractivity contribution in [1.29, 1.82) is 0 Å². The molecule has 3 unspecified atom stereocenters. The summed E-state index contributed by atoms with van der Waals surface area (Å²) in [6.45, 7) is 6.95. The number of phenolic OH excluding ortho intramolecular Hbond substituents is 1. The van der Waals surface area contributed by atoms with Crippen LogP contribution in [0.2, 0.25) is 0 Å². The van der Waals surface area contributed by atoms with Gasteiger partial charge in [0.1, 0.15) is 23.9 Å². The highest BCUT2D eigenvalue weighted by Gasteiger charge is 2.47. The van der Waals surface area contributed by atoms with E-state index in [2.05, 4.69) is 17.2 Å². The Balaban J connectivity index is 1.82. The summed E-state index contributed by atoms with van der Waals surface area (Å²) in [5.41, 5.74) is 0.742. The molecule has 7 nitrogen and oxygen atoms in total. The Labute approximate surface area is 181 Å². The molecule has 2 amide bonds. The second-order valence-corrected chi connectivity index (χ2v) is 7.79. The molecular weight excluding hydrogens is 396 g/mol. The molecule has 0 spiro atoms. The lowest BCUT2D eigenvalue weighted by molar-refractivity contribution is -0.130.